The van der Waals surface area contributed by atoms with E-state index < -0.39 is 21.8 Å². The van der Waals surface area contributed by atoms with E-state index in [1.807, 2.05) is 30.3 Å². The van der Waals surface area contributed by atoms with Crippen molar-refractivity contribution in [1.29, 1.82) is 0 Å². The van der Waals surface area contributed by atoms with Gasteiger partial charge in [-0.05, 0) is 41.5 Å². The van der Waals surface area contributed by atoms with Crippen LogP contribution in [0.15, 0.2) is 83.8 Å². The van der Waals surface area contributed by atoms with Gasteiger partial charge in [0, 0.05) is 26.2 Å². The molecule has 0 N–H and O–H groups in total. The molecule has 9 heteroatoms. The summed E-state index contributed by atoms with van der Waals surface area (Å²) in [5.41, 5.74) is 0.859. The first-order valence-corrected chi connectivity index (χ1v) is 11.8. The summed E-state index contributed by atoms with van der Waals surface area (Å²) in [5.74, 6) is -0.345. The summed E-state index contributed by atoms with van der Waals surface area (Å²) in [6, 6.07) is 19.4. The molecule has 33 heavy (non-hydrogen) atoms. The van der Waals surface area contributed by atoms with Gasteiger partial charge in [-0.1, -0.05) is 48.5 Å². The molecule has 0 amide bonds. The molecule has 4 nitrogen and oxygen atoms in total. The molecule has 1 saturated heterocycles. The molecule has 0 radical (unpaired) electrons. The van der Waals surface area contributed by atoms with Crippen LogP contribution in [0.5, 0.6) is 0 Å². The third kappa shape index (κ3) is 5.10. The lowest BCUT2D eigenvalue weighted by atomic mass is 9.96. The number of alkyl halides is 3. The predicted octanol–water partition coefficient (Wildman–Crippen LogP) is 4.94. The van der Waals surface area contributed by atoms with Crippen LogP contribution in [0, 0.1) is 5.82 Å². The van der Waals surface area contributed by atoms with Gasteiger partial charge in [0.15, 0.2) is 0 Å². The largest absolute Gasteiger partial charge is 0.416 e. The maximum atomic E-state index is 13.5. The van der Waals surface area contributed by atoms with Gasteiger partial charge in [-0.15, -0.1) is 0 Å². The number of hydrogen-bond acceptors (Lipinski definition) is 3. The fourth-order valence-corrected chi connectivity index (χ4v) is 5.55. The molecular weight excluding hydrogens is 456 g/mol. The van der Waals surface area contributed by atoms with Gasteiger partial charge in [0.05, 0.1) is 16.5 Å². The smallest absolute Gasteiger partial charge is 0.290 e. The Balaban J connectivity index is 1.56. The van der Waals surface area contributed by atoms with Crippen LogP contribution in [0.25, 0.3) is 0 Å². The Morgan fingerprint density at radius 1 is 0.758 bits per heavy atom. The molecule has 0 aromatic heterocycles. The van der Waals surface area contributed by atoms with Crippen molar-refractivity contribution in [3.8, 4) is 0 Å². The van der Waals surface area contributed by atoms with Crippen LogP contribution < -0.4 is 0 Å². The lowest BCUT2D eigenvalue weighted by Crippen LogP contribution is -2.49. The minimum atomic E-state index is -4.62. The van der Waals surface area contributed by atoms with Crippen molar-refractivity contribution in [2.45, 2.75) is 17.1 Å². The SMILES string of the molecule is O=S(=O)(c1cccc(C(F)(F)F)c1)N1CCN(C(c2ccccc2)c2ccc(F)cc2)CC1. The van der Waals surface area contributed by atoms with Crippen LogP contribution in [0.1, 0.15) is 22.7 Å². The van der Waals surface area contributed by atoms with E-state index in [4.69, 9.17) is 0 Å². The number of piperazine rings is 1. The summed E-state index contributed by atoms with van der Waals surface area (Å²) in [6.07, 6.45) is -4.62. The van der Waals surface area contributed by atoms with Crippen LogP contribution in [-0.4, -0.2) is 43.8 Å². The molecule has 3 aromatic carbocycles. The van der Waals surface area contributed by atoms with Crippen molar-refractivity contribution >= 4 is 10.0 Å². The Morgan fingerprint density at radius 3 is 1.97 bits per heavy atom. The fraction of sp³-hybridized carbons (Fsp3) is 0.250. The Kier molecular flexibility index (Phi) is 6.56. The average Bonchev–Trinajstić information content (AvgIpc) is 2.81. The lowest BCUT2D eigenvalue weighted by molar-refractivity contribution is -0.137. The summed E-state index contributed by atoms with van der Waals surface area (Å²) >= 11 is 0. The van der Waals surface area contributed by atoms with Crippen LogP contribution in [0.2, 0.25) is 0 Å². The summed E-state index contributed by atoms with van der Waals surface area (Å²) in [4.78, 5) is 1.73. The van der Waals surface area contributed by atoms with E-state index in [9.17, 15) is 26.0 Å². The van der Waals surface area contributed by atoms with Gasteiger partial charge in [-0.25, -0.2) is 12.8 Å². The first-order valence-electron chi connectivity index (χ1n) is 10.4. The third-order valence-corrected chi connectivity index (χ3v) is 7.63. The lowest BCUT2D eigenvalue weighted by Gasteiger charge is -2.39. The summed E-state index contributed by atoms with van der Waals surface area (Å²) in [5, 5.41) is 0. The molecule has 3 aromatic rings. The van der Waals surface area contributed by atoms with Gasteiger partial charge < -0.3 is 0 Å². The molecule has 1 atom stereocenters. The molecule has 1 fully saturated rings. The monoisotopic (exact) mass is 478 g/mol. The topological polar surface area (TPSA) is 40.6 Å². The molecule has 0 bridgehead atoms. The molecule has 1 aliphatic rings. The standard InChI is InChI=1S/C24H22F4N2O2S/c25-21-11-9-19(10-12-21)23(18-5-2-1-3-6-18)29-13-15-30(16-14-29)33(31,32)22-8-4-7-20(17-22)24(26,27)28/h1-12,17,23H,13-16H2. The van der Waals surface area contributed by atoms with Crippen LogP contribution >= 0.6 is 0 Å². The quantitative estimate of drug-likeness (QED) is 0.488. The molecule has 0 saturated carbocycles. The van der Waals surface area contributed by atoms with Crippen molar-refractivity contribution in [1.82, 2.24) is 9.21 Å². The van der Waals surface area contributed by atoms with Crippen LogP contribution in [-0.2, 0) is 16.2 Å². The molecule has 174 valence electrons. The number of halogens is 4. The molecule has 0 spiro atoms. The summed E-state index contributed by atoms with van der Waals surface area (Å²) in [6.45, 7) is 0.996. The highest BCUT2D eigenvalue weighted by atomic mass is 32.2. The second-order valence-electron chi connectivity index (χ2n) is 7.83. The van der Waals surface area contributed by atoms with Gasteiger partial charge in [0.1, 0.15) is 5.82 Å². The first kappa shape index (κ1) is 23.4. The van der Waals surface area contributed by atoms with E-state index in [1.54, 1.807) is 12.1 Å². The number of rotatable bonds is 5. The highest BCUT2D eigenvalue weighted by Crippen LogP contribution is 2.33. The van der Waals surface area contributed by atoms with Crippen molar-refractivity contribution in [3.63, 3.8) is 0 Å². The van der Waals surface area contributed by atoms with Gasteiger partial charge >= 0.3 is 6.18 Å². The fourth-order valence-electron chi connectivity index (χ4n) is 4.08. The van der Waals surface area contributed by atoms with E-state index in [2.05, 4.69) is 4.90 Å². The zero-order valence-electron chi connectivity index (χ0n) is 17.5. The molecular formula is C24H22F4N2O2S. The molecule has 1 heterocycles. The van der Waals surface area contributed by atoms with Crippen molar-refractivity contribution < 1.29 is 26.0 Å². The molecule has 1 aliphatic heterocycles. The zero-order valence-corrected chi connectivity index (χ0v) is 18.4. The van der Waals surface area contributed by atoms with Gasteiger partial charge in [0.25, 0.3) is 0 Å². The van der Waals surface area contributed by atoms with E-state index in [1.165, 1.54) is 22.5 Å². The maximum Gasteiger partial charge on any atom is 0.416 e. The minimum absolute atomic E-state index is 0.128. The van der Waals surface area contributed by atoms with E-state index in [0.717, 1.165) is 23.3 Å². The van der Waals surface area contributed by atoms with E-state index >= 15 is 0 Å². The summed E-state index contributed by atoms with van der Waals surface area (Å²) < 4.78 is 79.9. The zero-order chi connectivity index (χ0) is 23.6. The third-order valence-electron chi connectivity index (χ3n) is 5.74. The minimum Gasteiger partial charge on any atom is -0.290 e. The Labute approximate surface area is 190 Å². The number of sulfonamides is 1. The van der Waals surface area contributed by atoms with Gasteiger partial charge in [-0.3, -0.25) is 4.90 Å². The molecule has 0 aliphatic carbocycles. The average molecular weight is 479 g/mol. The highest BCUT2D eigenvalue weighted by Gasteiger charge is 2.35. The molecule has 4 rings (SSSR count). The van der Waals surface area contributed by atoms with Crippen molar-refractivity contribution in [2.75, 3.05) is 26.2 Å². The maximum absolute atomic E-state index is 13.5. The van der Waals surface area contributed by atoms with Crippen molar-refractivity contribution in [2.24, 2.45) is 0 Å². The van der Waals surface area contributed by atoms with E-state index in [-0.39, 0.29) is 29.8 Å². The predicted molar refractivity (Wildman–Crippen MR) is 116 cm³/mol. The summed E-state index contributed by atoms with van der Waals surface area (Å²) in [7, 11) is -4.07. The second kappa shape index (κ2) is 9.24. The molecule has 1 unspecified atom stereocenters. The van der Waals surface area contributed by atoms with Crippen molar-refractivity contribution in [3.05, 3.63) is 101 Å². The number of benzene rings is 3. The number of nitrogens with zero attached hydrogens (tertiary/aromatic N) is 2. The van der Waals surface area contributed by atoms with Crippen LogP contribution in [0.4, 0.5) is 17.6 Å². The Morgan fingerprint density at radius 2 is 1.36 bits per heavy atom. The second-order valence-corrected chi connectivity index (χ2v) is 9.77. The highest BCUT2D eigenvalue weighted by molar-refractivity contribution is 7.89. The normalized spacial score (nSPS) is 17.1. The Bertz CT molecular complexity index is 1190. The Hall–Kier alpha value is -2.75. The number of hydrogen-bond donors (Lipinski definition) is 0. The van der Waals surface area contributed by atoms with Crippen LogP contribution in [0.3, 0.4) is 0 Å². The van der Waals surface area contributed by atoms with Gasteiger partial charge in [0.2, 0.25) is 10.0 Å². The first-order chi connectivity index (χ1) is 15.7. The van der Waals surface area contributed by atoms with E-state index in [0.29, 0.717) is 19.2 Å². The van der Waals surface area contributed by atoms with Gasteiger partial charge in [-0.2, -0.15) is 17.5 Å².